The fraction of sp³-hybridized carbons (Fsp3) is 0.333. The summed E-state index contributed by atoms with van der Waals surface area (Å²) in [5.41, 5.74) is 6.56. The number of ether oxygens (including phenoxy) is 1. The first-order valence-electron chi connectivity index (χ1n) is 11.1. The second-order valence-corrected chi connectivity index (χ2v) is 8.23. The summed E-state index contributed by atoms with van der Waals surface area (Å²) in [6, 6.07) is 20.8. The number of benzene rings is 2. The largest absolute Gasteiger partial charge is 0.497 e. The van der Waals surface area contributed by atoms with E-state index in [1.807, 2.05) is 17.0 Å². The molecule has 1 aliphatic heterocycles. The molecule has 1 amide bonds. The molecule has 31 heavy (non-hydrogen) atoms. The normalized spacial score (nSPS) is 14.4. The summed E-state index contributed by atoms with van der Waals surface area (Å²) in [5.74, 6) is 1.11. The van der Waals surface area contributed by atoms with Crippen LogP contribution in [0, 0.1) is 6.92 Å². The van der Waals surface area contributed by atoms with Crippen molar-refractivity contribution in [2.45, 2.75) is 39.0 Å². The van der Waals surface area contributed by atoms with E-state index in [2.05, 4.69) is 55.5 Å². The van der Waals surface area contributed by atoms with E-state index in [0.717, 1.165) is 66.1 Å². The first kappa shape index (κ1) is 21.1. The third-order valence-electron chi connectivity index (χ3n) is 6.01. The number of rotatable bonds is 6. The molecule has 0 spiro atoms. The summed E-state index contributed by atoms with van der Waals surface area (Å²) < 4.78 is 5.31. The highest BCUT2D eigenvalue weighted by Crippen LogP contribution is 2.29. The van der Waals surface area contributed by atoms with Crippen LogP contribution in [0.4, 0.5) is 0 Å². The van der Waals surface area contributed by atoms with Gasteiger partial charge in [-0.25, -0.2) is 0 Å². The van der Waals surface area contributed by atoms with E-state index < -0.39 is 0 Å². The van der Waals surface area contributed by atoms with Crippen LogP contribution in [0.5, 0.6) is 5.75 Å². The van der Waals surface area contributed by atoms with E-state index in [0.29, 0.717) is 13.0 Å². The maximum atomic E-state index is 12.5. The van der Waals surface area contributed by atoms with Crippen molar-refractivity contribution in [2.24, 2.45) is 0 Å². The Balaban J connectivity index is 1.66. The monoisotopic (exact) mass is 414 g/mol. The van der Waals surface area contributed by atoms with Gasteiger partial charge < -0.3 is 9.64 Å². The Labute approximate surface area is 184 Å². The van der Waals surface area contributed by atoms with Gasteiger partial charge in [0, 0.05) is 37.1 Å². The highest BCUT2D eigenvalue weighted by molar-refractivity contribution is 5.76. The van der Waals surface area contributed by atoms with Gasteiger partial charge in [0.05, 0.1) is 18.5 Å². The Bertz CT molecular complexity index is 1030. The molecule has 0 saturated carbocycles. The molecule has 4 rings (SSSR count). The Kier molecular flexibility index (Phi) is 6.66. The summed E-state index contributed by atoms with van der Waals surface area (Å²) in [5, 5.41) is 0. The molecule has 0 unspecified atom stereocenters. The SMILES string of the molecule is COc1ccc(-c2ccc(-c3ccc(C)cc3)nc2CCN2CCCCCC2=O)cc1. The Hall–Kier alpha value is -3.14. The number of likely N-dealkylation sites (tertiary alicyclic amines) is 1. The summed E-state index contributed by atoms with van der Waals surface area (Å²) in [7, 11) is 1.68. The van der Waals surface area contributed by atoms with Gasteiger partial charge in [-0.1, -0.05) is 54.4 Å². The van der Waals surface area contributed by atoms with E-state index in [1.54, 1.807) is 7.11 Å². The van der Waals surface area contributed by atoms with Gasteiger partial charge in [-0.05, 0) is 43.5 Å². The minimum Gasteiger partial charge on any atom is -0.497 e. The topological polar surface area (TPSA) is 42.4 Å². The number of aryl methyl sites for hydroxylation is 1. The van der Waals surface area contributed by atoms with Crippen molar-refractivity contribution in [3.05, 3.63) is 71.9 Å². The molecule has 0 radical (unpaired) electrons. The lowest BCUT2D eigenvalue weighted by atomic mass is 9.99. The van der Waals surface area contributed by atoms with Crippen molar-refractivity contribution in [1.29, 1.82) is 0 Å². The predicted molar refractivity (Wildman–Crippen MR) is 125 cm³/mol. The van der Waals surface area contributed by atoms with E-state index in [9.17, 15) is 4.79 Å². The highest BCUT2D eigenvalue weighted by atomic mass is 16.5. The summed E-state index contributed by atoms with van der Waals surface area (Å²) in [4.78, 5) is 19.5. The van der Waals surface area contributed by atoms with Crippen molar-refractivity contribution in [1.82, 2.24) is 9.88 Å². The van der Waals surface area contributed by atoms with Gasteiger partial charge in [-0.3, -0.25) is 9.78 Å². The van der Waals surface area contributed by atoms with Crippen LogP contribution >= 0.6 is 0 Å². The molecule has 1 aromatic heterocycles. The summed E-state index contributed by atoms with van der Waals surface area (Å²) in [6.45, 7) is 3.66. The molecule has 1 aliphatic rings. The third kappa shape index (κ3) is 5.13. The molecule has 0 atom stereocenters. The van der Waals surface area contributed by atoms with Crippen LogP contribution in [-0.2, 0) is 11.2 Å². The number of carbonyl (C=O) groups excluding carboxylic acids is 1. The quantitative estimate of drug-likeness (QED) is 0.521. The van der Waals surface area contributed by atoms with Gasteiger partial charge in [0.2, 0.25) is 5.91 Å². The standard InChI is InChI=1S/C27H30N2O2/c1-20-7-9-22(10-8-20)25-16-15-24(21-11-13-23(31-2)14-12-21)26(28-25)17-19-29-18-5-3-4-6-27(29)30/h7-16H,3-6,17-19H2,1-2H3. The molecule has 1 fully saturated rings. The molecule has 0 N–H and O–H groups in total. The number of amides is 1. The average molecular weight is 415 g/mol. The third-order valence-corrected chi connectivity index (χ3v) is 6.01. The van der Waals surface area contributed by atoms with E-state index >= 15 is 0 Å². The van der Waals surface area contributed by atoms with Crippen LogP contribution in [0.15, 0.2) is 60.7 Å². The second-order valence-electron chi connectivity index (χ2n) is 8.23. The molecule has 3 aromatic rings. The van der Waals surface area contributed by atoms with Crippen molar-refractivity contribution in [3.63, 3.8) is 0 Å². The number of methoxy groups -OCH3 is 1. The molecule has 0 aliphatic carbocycles. The van der Waals surface area contributed by atoms with E-state index in [4.69, 9.17) is 9.72 Å². The smallest absolute Gasteiger partial charge is 0.222 e. The summed E-state index contributed by atoms with van der Waals surface area (Å²) in [6.07, 6.45) is 4.65. The van der Waals surface area contributed by atoms with Crippen LogP contribution in [0.25, 0.3) is 22.4 Å². The van der Waals surface area contributed by atoms with Gasteiger partial charge in [0.15, 0.2) is 0 Å². The van der Waals surface area contributed by atoms with Crippen LogP contribution in [0.3, 0.4) is 0 Å². The number of nitrogens with zero attached hydrogens (tertiary/aromatic N) is 2. The predicted octanol–water partition coefficient (Wildman–Crippen LogP) is 5.68. The van der Waals surface area contributed by atoms with E-state index in [1.165, 1.54) is 5.56 Å². The van der Waals surface area contributed by atoms with E-state index in [-0.39, 0.29) is 5.91 Å². The van der Waals surface area contributed by atoms with Crippen LogP contribution in [-0.4, -0.2) is 36.0 Å². The zero-order valence-corrected chi connectivity index (χ0v) is 18.4. The zero-order valence-electron chi connectivity index (χ0n) is 18.4. The van der Waals surface area contributed by atoms with Crippen LogP contribution in [0.2, 0.25) is 0 Å². The lowest BCUT2D eigenvalue weighted by Crippen LogP contribution is -2.32. The highest BCUT2D eigenvalue weighted by Gasteiger charge is 2.18. The Morgan fingerprint density at radius 1 is 0.903 bits per heavy atom. The average Bonchev–Trinajstić information content (AvgIpc) is 3.02. The number of aromatic nitrogens is 1. The Morgan fingerprint density at radius 2 is 1.65 bits per heavy atom. The van der Waals surface area contributed by atoms with Gasteiger partial charge in [-0.2, -0.15) is 0 Å². The maximum Gasteiger partial charge on any atom is 0.222 e. The first-order valence-corrected chi connectivity index (χ1v) is 11.1. The van der Waals surface area contributed by atoms with Crippen molar-refractivity contribution >= 4 is 5.91 Å². The summed E-state index contributed by atoms with van der Waals surface area (Å²) >= 11 is 0. The molecule has 4 heteroatoms. The van der Waals surface area contributed by atoms with Gasteiger partial charge in [0.25, 0.3) is 0 Å². The van der Waals surface area contributed by atoms with Crippen molar-refractivity contribution in [2.75, 3.05) is 20.2 Å². The molecule has 2 heterocycles. The fourth-order valence-corrected chi connectivity index (χ4v) is 4.13. The van der Waals surface area contributed by atoms with Gasteiger partial charge in [-0.15, -0.1) is 0 Å². The lowest BCUT2D eigenvalue weighted by Gasteiger charge is -2.21. The maximum absolute atomic E-state index is 12.5. The molecule has 4 nitrogen and oxygen atoms in total. The molecular weight excluding hydrogens is 384 g/mol. The molecule has 1 saturated heterocycles. The Morgan fingerprint density at radius 3 is 2.39 bits per heavy atom. The number of hydrogen-bond donors (Lipinski definition) is 0. The second kappa shape index (κ2) is 9.78. The van der Waals surface area contributed by atoms with Crippen molar-refractivity contribution < 1.29 is 9.53 Å². The van der Waals surface area contributed by atoms with Crippen molar-refractivity contribution in [3.8, 4) is 28.1 Å². The molecule has 2 aromatic carbocycles. The fourth-order valence-electron chi connectivity index (χ4n) is 4.13. The van der Waals surface area contributed by atoms with Crippen LogP contribution < -0.4 is 4.74 Å². The van der Waals surface area contributed by atoms with Gasteiger partial charge >= 0.3 is 0 Å². The lowest BCUT2D eigenvalue weighted by molar-refractivity contribution is -0.130. The number of carbonyl (C=O) groups is 1. The molecule has 0 bridgehead atoms. The molecular formula is C27H30N2O2. The van der Waals surface area contributed by atoms with Crippen LogP contribution in [0.1, 0.15) is 36.9 Å². The minimum atomic E-state index is 0.276. The zero-order chi connectivity index (χ0) is 21.6. The molecule has 160 valence electrons. The minimum absolute atomic E-state index is 0.276. The number of hydrogen-bond acceptors (Lipinski definition) is 3. The first-order chi connectivity index (χ1) is 15.1. The number of pyridine rings is 1. The van der Waals surface area contributed by atoms with Gasteiger partial charge in [0.1, 0.15) is 5.75 Å².